The molecule has 0 heterocycles. The van der Waals surface area contributed by atoms with Gasteiger partial charge in [0.1, 0.15) is 0 Å². The molecule has 0 aliphatic rings. The summed E-state index contributed by atoms with van der Waals surface area (Å²) in [6.45, 7) is 7.64. The van der Waals surface area contributed by atoms with E-state index in [-0.39, 0.29) is 6.04 Å². The van der Waals surface area contributed by atoms with E-state index in [0.717, 1.165) is 25.3 Å². The third-order valence-corrected chi connectivity index (χ3v) is 2.18. The maximum atomic E-state index is 5.40. The second-order valence-electron chi connectivity index (χ2n) is 3.42. The van der Waals surface area contributed by atoms with Crippen molar-refractivity contribution in [3.8, 4) is 12.3 Å². The molecule has 0 fully saturated rings. The lowest BCUT2D eigenvalue weighted by Gasteiger charge is -2.15. The lowest BCUT2D eigenvalue weighted by atomic mass is 10.00. The molecule has 0 aromatic carbocycles. The first kappa shape index (κ1) is 11.5. The molecule has 0 aliphatic heterocycles. The van der Waals surface area contributed by atoms with E-state index in [1.54, 1.807) is 0 Å². The Kier molecular flexibility index (Phi) is 6.90. The maximum absolute atomic E-state index is 5.40. The zero-order valence-electron chi connectivity index (χ0n) is 8.56. The van der Waals surface area contributed by atoms with Gasteiger partial charge in [0.25, 0.3) is 0 Å². The molecular formula is C11H21N. The fourth-order valence-electron chi connectivity index (χ4n) is 1.10. The molecule has 0 saturated carbocycles. The Morgan fingerprint density at radius 1 is 1.42 bits per heavy atom. The van der Waals surface area contributed by atoms with Gasteiger partial charge in [-0.1, -0.05) is 33.1 Å². The van der Waals surface area contributed by atoms with Crippen LogP contribution in [0.25, 0.3) is 0 Å². The average Bonchev–Trinajstić information content (AvgIpc) is 2.11. The van der Waals surface area contributed by atoms with E-state index in [2.05, 4.69) is 32.0 Å². The zero-order valence-corrected chi connectivity index (χ0v) is 8.56. The Labute approximate surface area is 76.9 Å². The van der Waals surface area contributed by atoms with Crippen LogP contribution in [0.15, 0.2) is 0 Å². The summed E-state index contributed by atoms with van der Waals surface area (Å²) in [4.78, 5) is 0. The number of nitrogens with one attached hydrogen (secondary N) is 1. The van der Waals surface area contributed by atoms with Crippen LogP contribution in [0, 0.1) is 18.3 Å². The molecule has 70 valence electrons. The molecule has 0 rings (SSSR count). The molecule has 0 aliphatic carbocycles. The van der Waals surface area contributed by atoms with Crippen LogP contribution in [0.2, 0.25) is 0 Å². The lowest BCUT2D eigenvalue weighted by molar-refractivity contribution is 0.445. The molecule has 1 heteroatoms. The van der Waals surface area contributed by atoms with Crippen molar-refractivity contribution >= 4 is 0 Å². The number of hydrogen-bond donors (Lipinski definition) is 1. The van der Waals surface area contributed by atoms with Crippen molar-refractivity contribution in [1.82, 2.24) is 5.32 Å². The Hall–Kier alpha value is -0.480. The van der Waals surface area contributed by atoms with Gasteiger partial charge in [0.2, 0.25) is 0 Å². The van der Waals surface area contributed by atoms with E-state index < -0.39 is 0 Å². The van der Waals surface area contributed by atoms with Crippen LogP contribution in [0.3, 0.4) is 0 Å². The summed E-state index contributed by atoms with van der Waals surface area (Å²) in [5.74, 6) is 3.52. The highest BCUT2D eigenvalue weighted by atomic mass is 14.9. The van der Waals surface area contributed by atoms with Crippen molar-refractivity contribution in [1.29, 1.82) is 0 Å². The summed E-state index contributed by atoms with van der Waals surface area (Å²) in [7, 11) is 0. The Bertz CT molecular complexity index is 134. The van der Waals surface area contributed by atoms with E-state index in [1.807, 2.05) is 0 Å². The SMILES string of the molecule is C#CC(CC(C)CC)NCCC. The topological polar surface area (TPSA) is 12.0 Å². The molecule has 2 unspecified atom stereocenters. The Morgan fingerprint density at radius 2 is 2.08 bits per heavy atom. The summed E-state index contributed by atoms with van der Waals surface area (Å²) >= 11 is 0. The molecular weight excluding hydrogens is 146 g/mol. The number of hydrogen-bond acceptors (Lipinski definition) is 1. The molecule has 1 N–H and O–H groups in total. The smallest absolute Gasteiger partial charge is 0.0689 e. The van der Waals surface area contributed by atoms with Gasteiger partial charge in [0.05, 0.1) is 6.04 Å². The second kappa shape index (κ2) is 7.18. The number of rotatable bonds is 6. The minimum atomic E-state index is 0.278. The molecule has 1 nitrogen and oxygen atoms in total. The van der Waals surface area contributed by atoms with Crippen molar-refractivity contribution in [3.63, 3.8) is 0 Å². The predicted octanol–water partition coefficient (Wildman–Crippen LogP) is 2.42. The van der Waals surface area contributed by atoms with Crippen LogP contribution in [0.1, 0.15) is 40.0 Å². The third-order valence-electron chi connectivity index (χ3n) is 2.18. The van der Waals surface area contributed by atoms with Crippen LogP contribution >= 0.6 is 0 Å². The summed E-state index contributed by atoms with van der Waals surface area (Å²) in [6.07, 6.45) is 8.87. The monoisotopic (exact) mass is 167 g/mol. The predicted molar refractivity (Wildman–Crippen MR) is 55.0 cm³/mol. The average molecular weight is 167 g/mol. The van der Waals surface area contributed by atoms with E-state index in [4.69, 9.17) is 6.42 Å². The van der Waals surface area contributed by atoms with Gasteiger partial charge in [0.15, 0.2) is 0 Å². The molecule has 0 radical (unpaired) electrons. The van der Waals surface area contributed by atoms with Crippen molar-refractivity contribution in [2.45, 2.75) is 46.1 Å². The van der Waals surface area contributed by atoms with Gasteiger partial charge in [-0.15, -0.1) is 6.42 Å². The van der Waals surface area contributed by atoms with Crippen molar-refractivity contribution < 1.29 is 0 Å². The molecule has 2 atom stereocenters. The van der Waals surface area contributed by atoms with Crippen LogP contribution in [0.4, 0.5) is 0 Å². The quantitative estimate of drug-likeness (QED) is 0.599. The molecule has 0 bridgehead atoms. The lowest BCUT2D eigenvalue weighted by Crippen LogP contribution is -2.29. The molecule has 0 aromatic heterocycles. The minimum absolute atomic E-state index is 0.278. The molecule has 0 amide bonds. The summed E-state index contributed by atoms with van der Waals surface area (Å²) in [5.41, 5.74) is 0. The van der Waals surface area contributed by atoms with Crippen LogP contribution < -0.4 is 5.32 Å². The van der Waals surface area contributed by atoms with E-state index in [9.17, 15) is 0 Å². The minimum Gasteiger partial charge on any atom is -0.304 e. The molecule has 0 saturated heterocycles. The van der Waals surface area contributed by atoms with Crippen LogP contribution in [-0.2, 0) is 0 Å². The first-order chi connectivity index (χ1) is 5.74. The largest absolute Gasteiger partial charge is 0.304 e. The Balaban J connectivity index is 3.61. The van der Waals surface area contributed by atoms with E-state index >= 15 is 0 Å². The van der Waals surface area contributed by atoms with Crippen LogP contribution in [-0.4, -0.2) is 12.6 Å². The first-order valence-corrected chi connectivity index (χ1v) is 4.94. The standard InChI is InChI=1S/C11H21N/c1-5-8-12-11(7-3)9-10(4)6-2/h3,10-12H,5-6,8-9H2,1-2,4H3. The van der Waals surface area contributed by atoms with Gasteiger partial charge >= 0.3 is 0 Å². The van der Waals surface area contributed by atoms with Crippen molar-refractivity contribution in [2.75, 3.05) is 6.54 Å². The molecule has 12 heavy (non-hydrogen) atoms. The van der Waals surface area contributed by atoms with Gasteiger partial charge in [-0.25, -0.2) is 0 Å². The zero-order chi connectivity index (χ0) is 9.40. The van der Waals surface area contributed by atoms with Gasteiger partial charge in [-0.2, -0.15) is 0 Å². The second-order valence-corrected chi connectivity index (χ2v) is 3.42. The number of terminal acetylenes is 1. The maximum Gasteiger partial charge on any atom is 0.0689 e. The highest BCUT2D eigenvalue weighted by molar-refractivity contribution is 4.98. The van der Waals surface area contributed by atoms with Gasteiger partial charge in [0, 0.05) is 0 Å². The van der Waals surface area contributed by atoms with E-state index in [1.165, 1.54) is 6.42 Å². The van der Waals surface area contributed by atoms with Gasteiger partial charge in [-0.05, 0) is 25.3 Å². The van der Waals surface area contributed by atoms with Crippen LogP contribution in [0.5, 0.6) is 0 Å². The summed E-state index contributed by atoms with van der Waals surface area (Å²) < 4.78 is 0. The summed E-state index contributed by atoms with van der Waals surface area (Å²) in [5, 5.41) is 3.35. The fraction of sp³-hybridized carbons (Fsp3) is 0.818. The summed E-state index contributed by atoms with van der Waals surface area (Å²) in [6, 6.07) is 0.278. The normalized spacial score (nSPS) is 15.2. The molecule has 0 spiro atoms. The van der Waals surface area contributed by atoms with Gasteiger partial charge < -0.3 is 5.32 Å². The van der Waals surface area contributed by atoms with Gasteiger partial charge in [-0.3, -0.25) is 0 Å². The third kappa shape index (κ3) is 5.21. The highest BCUT2D eigenvalue weighted by Crippen LogP contribution is 2.08. The fourth-order valence-corrected chi connectivity index (χ4v) is 1.10. The van der Waals surface area contributed by atoms with E-state index in [0.29, 0.717) is 0 Å². The van der Waals surface area contributed by atoms with Crippen molar-refractivity contribution in [3.05, 3.63) is 0 Å². The van der Waals surface area contributed by atoms with Crippen molar-refractivity contribution in [2.24, 2.45) is 5.92 Å². The Morgan fingerprint density at radius 3 is 2.50 bits per heavy atom. The first-order valence-electron chi connectivity index (χ1n) is 4.94. The highest BCUT2D eigenvalue weighted by Gasteiger charge is 2.07. The molecule has 0 aromatic rings.